The number of hydrogen-bond donors (Lipinski definition) is 0. The summed E-state index contributed by atoms with van der Waals surface area (Å²) >= 11 is 0. The van der Waals surface area contributed by atoms with E-state index in [1.54, 1.807) is 0 Å². The molecule has 1 aliphatic rings. The van der Waals surface area contributed by atoms with Crippen LogP contribution in [0.3, 0.4) is 0 Å². The predicted octanol–water partition coefficient (Wildman–Crippen LogP) is 8.39. The average Bonchev–Trinajstić information content (AvgIpc) is 2.67. The van der Waals surface area contributed by atoms with E-state index in [1.807, 2.05) is 0 Å². The molecule has 3 aromatic carbocycles. The Morgan fingerprint density at radius 2 is 1.13 bits per heavy atom. The summed E-state index contributed by atoms with van der Waals surface area (Å²) in [5, 5.41) is 0. The molecule has 0 bridgehead atoms. The standard InChI is InChI=1S/C29H35N/c1-27(2,3)20-13-16-22(17-14-20)30-25-12-10-9-11-23(25)29(7,8)24-19-21(28(4,5)6)15-18-26(24)30/h9-19H,1-8H3. The van der Waals surface area contributed by atoms with E-state index in [9.17, 15) is 0 Å². The molecule has 0 spiro atoms. The molecule has 0 atom stereocenters. The molecule has 0 aliphatic carbocycles. The zero-order valence-electron chi connectivity index (χ0n) is 19.8. The van der Waals surface area contributed by atoms with Crippen LogP contribution < -0.4 is 4.90 Å². The van der Waals surface area contributed by atoms with Gasteiger partial charge >= 0.3 is 0 Å². The maximum atomic E-state index is 2.44. The Morgan fingerprint density at radius 3 is 1.73 bits per heavy atom. The normalized spacial score (nSPS) is 15.5. The van der Waals surface area contributed by atoms with Crippen molar-refractivity contribution in [3.05, 3.63) is 89.0 Å². The van der Waals surface area contributed by atoms with Gasteiger partial charge in [0.25, 0.3) is 0 Å². The van der Waals surface area contributed by atoms with Gasteiger partial charge in [-0.25, -0.2) is 0 Å². The van der Waals surface area contributed by atoms with Crippen LogP contribution in [-0.2, 0) is 16.2 Å². The van der Waals surface area contributed by atoms with Crippen molar-refractivity contribution in [1.82, 2.24) is 0 Å². The Kier molecular flexibility index (Phi) is 4.65. The highest BCUT2D eigenvalue weighted by atomic mass is 15.2. The van der Waals surface area contributed by atoms with Gasteiger partial charge in [0.1, 0.15) is 0 Å². The van der Waals surface area contributed by atoms with E-state index in [4.69, 9.17) is 0 Å². The van der Waals surface area contributed by atoms with Crippen molar-refractivity contribution >= 4 is 17.1 Å². The van der Waals surface area contributed by atoms with E-state index < -0.39 is 0 Å². The Labute approximate surface area is 182 Å². The Balaban J connectivity index is 1.95. The van der Waals surface area contributed by atoms with Crippen LogP contribution in [0, 0.1) is 0 Å². The molecular formula is C29H35N. The van der Waals surface area contributed by atoms with E-state index in [0.29, 0.717) is 0 Å². The SMILES string of the molecule is CC(C)(C)c1ccc(N2c3ccccc3C(C)(C)c3cc(C(C)(C)C)ccc32)cc1. The Bertz CT molecular complexity index is 1070. The molecule has 1 heteroatoms. The monoisotopic (exact) mass is 397 g/mol. The molecule has 0 fully saturated rings. The van der Waals surface area contributed by atoms with Crippen molar-refractivity contribution < 1.29 is 0 Å². The lowest BCUT2D eigenvalue weighted by molar-refractivity contribution is 0.580. The van der Waals surface area contributed by atoms with Gasteiger partial charge in [-0.05, 0) is 57.3 Å². The fourth-order valence-corrected chi connectivity index (χ4v) is 4.56. The molecule has 0 saturated heterocycles. The van der Waals surface area contributed by atoms with Gasteiger partial charge in [-0.15, -0.1) is 0 Å². The van der Waals surface area contributed by atoms with Gasteiger partial charge in [0.15, 0.2) is 0 Å². The summed E-state index contributed by atoms with van der Waals surface area (Å²) in [5.74, 6) is 0. The number of nitrogens with zero attached hydrogens (tertiary/aromatic N) is 1. The molecule has 156 valence electrons. The molecule has 0 amide bonds. The topological polar surface area (TPSA) is 3.24 Å². The third-order valence-electron chi connectivity index (χ3n) is 6.59. The van der Waals surface area contributed by atoms with Gasteiger partial charge < -0.3 is 4.90 Å². The van der Waals surface area contributed by atoms with Crippen LogP contribution >= 0.6 is 0 Å². The van der Waals surface area contributed by atoms with Crippen molar-refractivity contribution in [2.24, 2.45) is 0 Å². The first kappa shape index (κ1) is 20.7. The molecule has 3 aromatic rings. The third kappa shape index (κ3) is 3.35. The Morgan fingerprint density at radius 1 is 0.600 bits per heavy atom. The summed E-state index contributed by atoms with van der Waals surface area (Å²) in [7, 11) is 0. The summed E-state index contributed by atoms with van der Waals surface area (Å²) in [4.78, 5) is 2.44. The summed E-state index contributed by atoms with van der Waals surface area (Å²) in [6.07, 6.45) is 0. The quantitative estimate of drug-likeness (QED) is 0.398. The molecule has 30 heavy (non-hydrogen) atoms. The predicted molar refractivity (Wildman–Crippen MR) is 131 cm³/mol. The fourth-order valence-electron chi connectivity index (χ4n) is 4.56. The van der Waals surface area contributed by atoms with Gasteiger partial charge in [0.2, 0.25) is 0 Å². The third-order valence-corrected chi connectivity index (χ3v) is 6.59. The lowest BCUT2D eigenvalue weighted by Gasteiger charge is -2.42. The minimum absolute atomic E-state index is 0.0466. The smallest absolute Gasteiger partial charge is 0.0502 e. The second kappa shape index (κ2) is 6.74. The molecule has 1 aliphatic heterocycles. The highest BCUT2D eigenvalue weighted by molar-refractivity contribution is 5.86. The van der Waals surface area contributed by atoms with Crippen LogP contribution in [0.2, 0.25) is 0 Å². The minimum atomic E-state index is -0.0466. The minimum Gasteiger partial charge on any atom is -0.310 e. The van der Waals surface area contributed by atoms with Crippen LogP contribution in [-0.4, -0.2) is 0 Å². The number of rotatable bonds is 1. The lowest BCUT2D eigenvalue weighted by atomic mass is 9.71. The van der Waals surface area contributed by atoms with Crippen LogP contribution in [0.5, 0.6) is 0 Å². The Hall–Kier alpha value is -2.54. The molecule has 0 radical (unpaired) electrons. The second-order valence-corrected chi connectivity index (χ2v) is 11.3. The summed E-state index contributed by atoms with van der Waals surface area (Å²) in [5.41, 5.74) is 9.54. The van der Waals surface area contributed by atoms with Crippen LogP contribution in [0.15, 0.2) is 66.7 Å². The zero-order valence-corrected chi connectivity index (χ0v) is 19.8. The fraction of sp³-hybridized carbons (Fsp3) is 0.379. The lowest BCUT2D eigenvalue weighted by Crippen LogP contribution is -2.31. The highest BCUT2D eigenvalue weighted by Gasteiger charge is 2.37. The molecule has 1 heterocycles. The van der Waals surface area contributed by atoms with Gasteiger partial charge in [-0.3, -0.25) is 0 Å². The number of hydrogen-bond acceptors (Lipinski definition) is 1. The van der Waals surface area contributed by atoms with Crippen molar-refractivity contribution in [2.75, 3.05) is 4.90 Å². The van der Waals surface area contributed by atoms with Crippen LogP contribution in [0.4, 0.5) is 17.1 Å². The van der Waals surface area contributed by atoms with E-state index in [2.05, 4.69) is 127 Å². The molecule has 0 aromatic heterocycles. The summed E-state index contributed by atoms with van der Waals surface area (Å²) in [6, 6.07) is 25.0. The van der Waals surface area contributed by atoms with E-state index in [1.165, 1.54) is 39.3 Å². The maximum absolute atomic E-state index is 2.44. The number of anilines is 3. The first-order chi connectivity index (χ1) is 13.9. The first-order valence-electron chi connectivity index (χ1n) is 11.1. The maximum Gasteiger partial charge on any atom is 0.0502 e. The van der Waals surface area contributed by atoms with E-state index in [-0.39, 0.29) is 16.2 Å². The van der Waals surface area contributed by atoms with Crippen molar-refractivity contribution in [3.8, 4) is 0 Å². The summed E-state index contributed by atoms with van der Waals surface area (Å²) < 4.78 is 0. The highest BCUT2D eigenvalue weighted by Crippen LogP contribution is 2.52. The van der Waals surface area contributed by atoms with Crippen molar-refractivity contribution in [1.29, 1.82) is 0 Å². The number of benzene rings is 3. The van der Waals surface area contributed by atoms with Crippen molar-refractivity contribution in [3.63, 3.8) is 0 Å². The molecule has 4 rings (SSSR count). The number of fused-ring (bicyclic) bond motifs is 2. The van der Waals surface area contributed by atoms with Crippen LogP contribution in [0.1, 0.15) is 77.6 Å². The molecule has 0 N–H and O–H groups in total. The van der Waals surface area contributed by atoms with Crippen LogP contribution in [0.25, 0.3) is 0 Å². The van der Waals surface area contributed by atoms with E-state index >= 15 is 0 Å². The first-order valence-corrected chi connectivity index (χ1v) is 11.1. The van der Waals surface area contributed by atoms with E-state index in [0.717, 1.165) is 0 Å². The molecule has 0 saturated carbocycles. The largest absolute Gasteiger partial charge is 0.310 e. The van der Waals surface area contributed by atoms with Crippen molar-refractivity contribution in [2.45, 2.75) is 71.6 Å². The van der Waals surface area contributed by atoms with Gasteiger partial charge in [-0.2, -0.15) is 0 Å². The van der Waals surface area contributed by atoms with Gasteiger partial charge in [0.05, 0.1) is 11.4 Å². The average molecular weight is 398 g/mol. The zero-order chi connectivity index (χ0) is 21.9. The summed E-state index contributed by atoms with van der Waals surface area (Å²) in [6.45, 7) is 18.4. The molecule has 0 unspecified atom stereocenters. The van der Waals surface area contributed by atoms with Gasteiger partial charge in [0, 0.05) is 11.1 Å². The molecular weight excluding hydrogens is 362 g/mol. The molecule has 1 nitrogen and oxygen atoms in total. The van der Waals surface area contributed by atoms with Gasteiger partial charge in [-0.1, -0.05) is 97.9 Å². The number of para-hydroxylation sites is 1. The second-order valence-electron chi connectivity index (χ2n) is 11.3.